The Morgan fingerprint density at radius 3 is 2.53 bits per heavy atom. The lowest BCUT2D eigenvalue weighted by atomic mass is 10.2. The van der Waals surface area contributed by atoms with E-state index in [1.54, 1.807) is 0 Å². The molecule has 0 spiro atoms. The van der Waals surface area contributed by atoms with Crippen molar-refractivity contribution < 1.29 is 4.84 Å². The average molecular weight is 232 g/mol. The Hall–Kier alpha value is -1.14. The van der Waals surface area contributed by atoms with E-state index in [9.17, 15) is 0 Å². The Bertz CT molecular complexity index is 338. The topological polar surface area (TPSA) is 86.0 Å². The van der Waals surface area contributed by atoms with E-state index in [0.717, 1.165) is 0 Å². The molecule has 15 heavy (non-hydrogen) atoms. The smallest absolute Gasteiger partial charge is 0.252 e. The van der Waals surface area contributed by atoms with Crippen molar-refractivity contribution in [3.8, 4) is 0 Å². The maximum Gasteiger partial charge on any atom is 0.252 e. The Morgan fingerprint density at radius 2 is 2.00 bits per heavy atom. The molecule has 0 bridgehead atoms. The fourth-order valence-electron chi connectivity index (χ4n) is 0.742. The number of nitrogens with zero attached hydrogens (tertiary/aromatic N) is 3. The normalized spacial score (nSPS) is 11.5. The van der Waals surface area contributed by atoms with Gasteiger partial charge in [0.05, 0.1) is 11.5 Å². The largest absolute Gasteiger partial charge is 0.368 e. The molecule has 1 heterocycles. The summed E-state index contributed by atoms with van der Waals surface area (Å²) >= 11 is 5.58. The summed E-state index contributed by atoms with van der Waals surface area (Å²) in [7, 11) is 0. The van der Waals surface area contributed by atoms with Crippen molar-refractivity contribution in [3.05, 3.63) is 5.82 Å². The quantitative estimate of drug-likeness (QED) is 0.603. The van der Waals surface area contributed by atoms with E-state index in [-0.39, 0.29) is 23.4 Å². The van der Waals surface area contributed by atoms with Gasteiger partial charge in [0.1, 0.15) is 0 Å². The lowest BCUT2D eigenvalue weighted by molar-refractivity contribution is 0.0358. The summed E-state index contributed by atoms with van der Waals surface area (Å²) in [5, 5.41) is 0. The van der Waals surface area contributed by atoms with Crippen molar-refractivity contribution in [1.29, 1.82) is 0 Å². The molecule has 1 rings (SSSR count). The third-order valence-electron chi connectivity index (χ3n) is 1.27. The number of rotatable bonds is 3. The van der Waals surface area contributed by atoms with Crippen LogP contribution in [0.5, 0.6) is 0 Å². The van der Waals surface area contributed by atoms with Crippen molar-refractivity contribution in [1.82, 2.24) is 15.0 Å². The molecule has 1 aromatic heterocycles. The highest BCUT2D eigenvalue weighted by Crippen LogP contribution is 2.10. The second kappa shape index (κ2) is 4.59. The number of hydrogen-bond acceptors (Lipinski definition) is 6. The summed E-state index contributed by atoms with van der Waals surface area (Å²) in [4.78, 5) is 16.9. The zero-order chi connectivity index (χ0) is 11.5. The molecular formula is C8H14ClN5O. The summed E-state index contributed by atoms with van der Waals surface area (Å²) < 4.78 is 0. The van der Waals surface area contributed by atoms with E-state index < -0.39 is 0 Å². The van der Waals surface area contributed by atoms with E-state index in [1.165, 1.54) is 0 Å². The highest BCUT2D eigenvalue weighted by atomic mass is 35.5. The first kappa shape index (κ1) is 11.9. The molecule has 0 amide bonds. The number of alkyl halides is 1. The van der Waals surface area contributed by atoms with Gasteiger partial charge in [-0.3, -0.25) is 4.84 Å². The van der Waals surface area contributed by atoms with Crippen LogP contribution in [-0.4, -0.2) is 20.6 Å². The van der Waals surface area contributed by atoms with Gasteiger partial charge in [-0.2, -0.15) is 15.0 Å². The molecule has 0 aromatic carbocycles. The number of nitrogens with one attached hydrogen (secondary N) is 1. The van der Waals surface area contributed by atoms with Crippen LogP contribution in [0.3, 0.4) is 0 Å². The Labute approximate surface area is 93.2 Å². The molecule has 0 aliphatic heterocycles. The van der Waals surface area contributed by atoms with Crippen LogP contribution in [0.25, 0.3) is 0 Å². The SMILES string of the molecule is CC(C)(C)ONc1nc(N)nc(CCl)n1. The Morgan fingerprint density at radius 1 is 1.33 bits per heavy atom. The van der Waals surface area contributed by atoms with Crippen LogP contribution < -0.4 is 11.2 Å². The van der Waals surface area contributed by atoms with Crippen LogP contribution >= 0.6 is 11.6 Å². The van der Waals surface area contributed by atoms with Crippen LogP contribution in [0.1, 0.15) is 26.6 Å². The monoisotopic (exact) mass is 231 g/mol. The number of nitrogens with two attached hydrogens (primary N) is 1. The second-order valence-corrected chi connectivity index (χ2v) is 4.15. The molecule has 7 heteroatoms. The lowest BCUT2D eigenvalue weighted by Gasteiger charge is -2.18. The summed E-state index contributed by atoms with van der Waals surface area (Å²) in [5.74, 6) is 0.953. The van der Waals surface area contributed by atoms with E-state index in [0.29, 0.717) is 5.82 Å². The Balaban J connectivity index is 2.73. The summed E-state index contributed by atoms with van der Waals surface area (Å²) in [6.07, 6.45) is 0. The van der Waals surface area contributed by atoms with Crippen LogP contribution in [0, 0.1) is 0 Å². The Kier molecular flexibility index (Phi) is 3.65. The van der Waals surface area contributed by atoms with Crippen molar-refractivity contribution in [3.63, 3.8) is 0 Å². The van der Waals surface area contributed by atoms with Gasteiger partial charge in [0.15, 0.2) is 5.82 Å². The van der Waals surface area contributed by atoms with Gasteiger partial charge in [-0.05, 0) is 20.8 Å². The van der Waals surface area contributed by atoms with Crippen molar-refractivity contribution >= 4 is 23.5 Å². The van der Waals surface area contributed by atoms with E-state index >= 15 is 0 Å². The average Bonchev–Trinajstić information content (AvgIpc) is 2.13. The standard InChI is InChI=1S/C8H14ClN5O/c1-8(2,3)15-14-7-12-5(4-9)11-6(10)13-7/h4H2,1-3H3,(H3,10,11,12,13,14). The fraction of sp³-hybridized carbons (Fsp3) is 0.625. The molecule has 84 valence electrons. The maximum absolute atomic E-state index is 5.58. The molecule has 6 nitrogen and oxygen atoms in total. The predicted octanol–water partition coefficient (Wildman–Crippen LogP) is 1.33. The third kappa shape index (κ3) is 4.26. The first-order chi connectivity index (χ1) is 6.90. The molecule has 0 saturated heterocycles. The number of nitrogen functional groups attached to an aromatic ring is 1. The lowest BCUT2D eigenvalue weighted by Crippen LogP contribution is -2.24. The molecule has 1 aromatic rings. The van der Waals surface area contributed by atoms with Gasteiger partial charge < -0.3 is 5.73 Å². The third-order valence-corrected chi connectivity index (χ3v) is 1.51. The summed E-state index contributed by atoms with van der Waals surface area (Å²) in [6, 6.07) is 0. The molecular weight excluding hydrogens is 218 g/mol. The first-order valence-electron chi connectivity index (χ1n) is 4.41. The predicted molar refractivity (Wildman–Crippen MR) is 58.3 cm³/mol. The molecule has 3 N–H and O–H groups in total. The van der Waals surface area contributed by atoms with Gasteiger partial charge in [-0.25, -0.2) is 5.48 Å². The molecule has 0 aliphatic carbocycles. The minimum absolute atomic E-state index is 0.112. The van der Waals surface area contributed by atoms with E-state index in [2.05, 4.69) is 20.4 Å². The van der Waals surface area contributed by atoms with Crippen LogP contribution in [0.15, 0.2) is 0 Å². The number of aromatic nitrogens is 3. The first-order valence-corrected chi connectivity index (χ1v) is 4.94. The summed E-state index contributed by atoms with van der Waals surface area (Å²) in [5.41, 5.74) is 7.71. The van der Waals surface area contributed by atoms with Crippen LogP contribution in [0.2, 0.25) is 0 Å². The number of hydrogen-bond donors (Lipinski definition) is 2. The van der Waals surface area contributed by atoms with Gasteiger partial charge in [0.25, 0.3) is 5.95 Å². The van der Waals surface area contributed by atoms with Crippen LogP contribution in [0.4, 0.5) is 11.9 Å². The zero-order valence-corrected chi connectivity index (χ0v) is 9.67. The van der Waals surface area contributed by atoms with Gasteiger partial charge in [-0.15, -0.1) is 11.6 Å². The van der Waals surface area contributed by atoms with Crippen LogP contribution in [-0.2, 0) is 10.7 Å². The van der Waals surface area contributed by atoms with E-state index in [1.807, 2.05) is 20.8 Å². The van der Waals surface area contributed by atoms with Gasteiger partial charge in [0, 0.05) is 0 Å². The van der Waals surface area contributed by atoms with Gasteiger partial charge >= 0.3 is 0 Å². The molecule has 0 radical (unpaired) electrons. The van der Waals surface area contributed by atoms with Crippen molar-refractivity contribution in [2.24, 2.45) is 0 Å². The molecule has 0 atom stereocenters. The van der Waals surface area contributed by atoms with Crippen molar-refractivity contribution in [2.75, 3.05) is 11.2 Å². The number of anilines is 2. The second-order valence-electron chi connectivity index (χ2n) is 3.88. The van der Waals surface area contributed by atoms with Crippen molar-refractivity contribution in [2.45, 2.75) is 32.3 Å². The minimum Gasteiger partial charge on any atom is -0.368 e. The minimum atomic E-state index is -0.345. The maximum atomic E-state index is 5.58. The molecule has 0 aliphatic rings. The van der Waals surface area contributed by atoms with Gasteiger partial charge in [-0.1, -0.05) is 0 Å². The van der Waals surface area contributed by atoms with Gasteiger partial charge in [0.2, 0.25) is 5.95 Å². The summed E-state index contributed by atoms with van der Waals surface area (Å²) in [6.45, 7) is 5.69. The highest BCUT2D eigenvalue weighted by Gasteiger charge is 2.12. The number of halogens is 1. The zero-order valence-electron chi connectivity index (χ0n) is 8.91. The highest BCUT2D eigenvalue weighted by molar-refractivity contribution is 6.16. The molecule has 0 fully saturated rings. The fourth-order valence-corrected chi connectivity index (χ4v) is 0.862. The molecule has 0 saturated carbocycles. The molecule has 0 unspecified atom stereocenters. The van der Waals surface area contributed by atoms with E-state index in [4.69, 9.17) is 22.2 Å².